The van der Waals surface area contributed by atoms with Gasteiger partial charge in [0.15, 0.2) is 0 Å². The molecule has 0 saturated heterocycles. The number of carbonyl (C=O) groups is 1. The van der Waals surface area contributed by atoms with Crippen molar-refractivity contribution in [2.24, 2.45) is 0 Å². The van der Waals surface area contributed by atoms with Crippen molar-refractivity contribution in [3.05, 3.63) is 59.2 Å². The smallest absolute Gasteiger partial charge is 0.338 e. The van der Waals surface area contributed by atoms with Crippen LogP contribution in [0.1, 0.15) is 79.8 Å². The van der Waals surface area contributed by atoms with E-state index in [0.29, 0.717) is 5.56 Å². The summed E-state index contributed by atoms with van der Waals surface area (Å²) in [6, 6.07) is 15.3. The third-order valence-electron chi connectivity index (χ3n) is 6.73. The number of hydrogen-bond acceptors (Lipinski definition) is 3. The van der Waals surface area contributed by atoms with Gasteiger partial charge in [0.1, 0.15) is 0 Å². The number of esters is 1. The lowest BCUT2D eigenvalue weighted by atomic mass is 9.92. The van der Waals surface area contributed by atoms with Crippen molar-refractivity contribution >= 4 is 5.97 Å². The molecule has 0 amide bonds. The molecule has 0 radical (unpaired) electrons. The average Bonchev–Trinajstić information content (AvgIpc) is 2.81. The van der Waals surface area contributed by atoms with Crippen molar-refractivity contribution in [1.82, 2.24) is 4.90 Å². The Bertz CT molecular complexity index is 839. The molecule has 1 aliphatic carbocycles. The fourth-order valence-electron chi connectivity index (χ4n) is 4.90. The third-order valence-corrected chi connectivity index (χ3v) is 6.73. The summed E-state index contributed by atoms with van der Waals surface area (Å²) in [5.41, 5.74) is 5.21. The molecule has 0 aromatic heterocycles. The largest absolute Gasteiger partial charge is 0.465 e. The average molecular weight is 422 g/mol. The van der Waals surface area contributed by atoms with E-state index in [1.807, 2.05) is 18.2 Å². The molecule has 0 spiro atoms. The molecule has 1 saturated carbocycles. The number of carbonyl (C=O) groups excluding carboxylic acids is 1. The summed E-state index contributed by atoms with van der Waals surface area (Å²) in [4.78, 5) is 15.1. The number of benzene rings is 2. The van der Waals surface area contributed by atoms with Crippen LogP contribution in [-0.4, -0.2) is 37.1 Å². The zero-order valence-electron chi connectivity index (χ0n) is 19.7. The number of ether oxygens (including phenoxy) is 1. The van der Waals surface area contributed by atoms with Gasteiger partial charge >= 0.3 is 5.97 Å². The highest BCUT2D eigenvalue weighted by Crippen LogP contribution is 2.29. The second-order valence-electron chi connectivity index (χ2n) is 8.97. The summed E-state index contributed by atoms with van der Waals surface area (Å²) in [6.07, 6.45) is 11.7. The molecule has 0 unspecified atom stereocenters. The molecule has 31 heavy (non-hydrogen) atoms. The molecule has 1 fully saturated rings. The second kappa shape index (κ2) is 12.0. The molecule has 0 N–H and O–H groups in total. The van der Waals surface area contributed by atoms with Gasteiger partial charge in [-0.15, -0.1) is 0 Å². The van der Waals surface area contributed by atoms with Crippen molar-refractivity contribution < 1.29 is 9.53 Å². The van der Waals surface area contributed by atoms with Crippen molar-refractivity contribution in [1.29, 1.82) is 0 Å². The van der Waals surface area contributed by atoms with Gasteiger partial charge in [0.25, 0.3) is 0 Å². The summed E-state index contributed by atoms with van der Waals surface area (Å²) >= 11 is 0. The zero-order valence-corrected chi connectivity index (χ0v) is 19.7. The van der Waals surface area contributed by atoms with E-state index in [-0.39, 0.29) is 5.97 Å². The number of nitrogens with zero attached hydrogens (tertiary/aromatic N) is 1. The quantitative estimate of drug-likeness (QED) is 0.394. The molecular weight excluding hydrogens is 382 g/mol. The maximum Gasteiger partial charge on any atom is 0.338 e. The lowest BCUT2D eigenvalue weighted by Gasteiger charge is -2.34. The molecule has 3 rings (SSSR count). The molecule has 1 aliphatic rings. The summed E-state index contributed by atoms with van der Waals surface area (Å²) in [7, 11) is 1.45. The van der Waals surface area contributed by atoms with Crippen molar-refractivity contribution in [3.63, 3.8) is 0 Å². The summed E-state index contributed by atoms with van der Waals surface area (Å²) < 4.78 is 5.05. The van der Waals surface area contributed by atoms with Crippen LogP contribution in [0.5, 0.6) is 0 Å². The van der Waals surface area contributed by atoms with Crippen LogP contribution >= 0.6 is 0 Å². The van der Waals surface area contributed by atoms with Gasteiger partial charge in [0.2, 0.25) is 0 Å². The first-order valence-corrected chi connectivity index (χ1v) is 12.1. The van der Waals surface area contributed by atoms with Crippen LogP contribution in [-0.2, 0) is 11.2 Å². The Balaban J connectivity index is 1.73. The number of aryl methyl sites for hydroxylation is 2. The molecule has 0 bridgehead atoms. The first-order chi connectivity index (χ1) is 15.1. The van der Waals surface area contributed by atoms with E-state index in [0.717, 1.165) is 30.0 Å². The van der Waals surface area contributed by atoms with E-state index in [1.165, 1.54) is 76.3 Å². The van der Waals surface area contributed by atoms with Crippen LogP contribution in [0, 0.1) is 6.92 Å². The van der Waals surface area contributed by atoms with Crippen molar-refractivity contribution in [3.8, 4) is 11.1 Å². The third kappa shape index (κ3) is 6.43. The minimum absolute atomic E-state index is 0.271. The van der Waals surface area contributed by atoms with Gasteiger partial charge in [-0.2, -0.15) is 0 Å². The van der Waals surface area contributed by atoms with Crippen molar-refractivity contribution in [2.75, 3.05) is 20.2 Å². The molecule has 0 heterocycles. The van der Waals surface area contributed by atoms with E-state index in [2.05, 4.69) is 43.0 Å². The highest BCUT2D eigenvalue weighted by atomic mass is 16.5. The number of hydrogen-bond donors (Lipinski definition) is 0. The van der Waals surface area contributed by atoms with Crippen LogP contribution in [0.2, 0.25) is 0 Å². The maximum atomic E-state index is 12.4. The monoisotopic (exact) mass is 421 g/mol. The predicted octanol–water partition coefficient (Wildman–Crippen LogP) is 6.82. The first kappa shape index (κ1) is 23.5. The molecule has 2 aromatic rings. The first-order valence-electron chi connectivity index (χ1n) is 12.1. The van der Waals surface area contributed by atoms with Gasteiger partial charge in [-0.25, -0.2) is 4.79 Å². The lowest BCUT2D eigenvalue weighted by molar-refractivity contribution is 0.0601. The SMILES string of the molecule is CCCCN(CCCc1ccc(C(=O)OC)c(-c2ccccc2C)c1)C1CCCCC1. The molecule has 168 valence electrons. The van der Waals surface area contributed by atoms with Gasteiger partial charge in [-0.3, -0.25) is 0 Å². The minimum atomic E-state index is -0.271. The standard InChI is InChI=1S/C28H39NO2/c1-4-5-19-29(24-14-7-6-8-15-24)20-11-13-23-17-18-26(28(30)31-3)27(21-23)25-16-10-9-12-22(25)2/h9-10,12,16-18,21,24H,4-8,11,13-15,19-20H2,1-3H3. The van der Waals surface area contributed by atoms with E-state index in [9.17, 15) is 4.79 Å². The summed E-state index contributed by atoms with van der Waals surface area (Å²) in [6.45, 7) is 6.79. The van der Waals surface area contributed by atoms with E-state index in [4.69, 9.17) is 4.74 Å². The molecule has 0 atom stereocenters. The molecule has 3 nitrogen and oxygen atoms in total. The minimum Gasteiger partial charge on any atom is -0.465 e. The van der Waals surface area contributed by atoms with Gasteiger partial charge in [0.05, 0.1) is 12.7 Å². The Labute approximate surface area is 188 Å². The summed E-state index contributed by atoms with van der Waals surface area (Å²) in [5, 5.41) is 0. The van der Waals surface area contributed by atoms with E-state index >= 15 is 0 Å². The molecular formula is C28H39NO2. The van der Waals surface area contributed by atoms with Crippen LogP contribution in [0.15, 0.2) is 42.5 Å². The fraction of sp³-hybridized carbons (Fsp3) is 0.536. The van der Waals surface area contributed by atoms with Gasteiger partial charge in [-0.05, 0) is 80.4 Å². The van der Waals surface area contributed by atoms with Crippen LogP contribution in [0.25, 0.3) is 11.1 Å². The Kier molecular flexibility index (Phi) is 9.14. The number of methoxy groups -OCH3 is 1. The maximum absolute atomic E-state index is 12.4. The molecule has 3 heteroatoms. The predicted molar refractivity (Wildman–Crippen MR) is 130 cm³/mol. The Hall–Kier alpha value is -2.13. The van der Waals surface area contributed by atoms with E-state index < -0.39 is 0 Å². The number of rotatable bonds is 10. The summed E-state index contributed by atoms with van der Waals surface area (Å²) in [5.74, 6) is -0.271. The van der Waals surface area contributed by atoms with Crippen LogP contribution in [0.4, 0.5) is 0 Å². The van der Waals surface area contributed by atoms with Gasteiger partial charge < -0.3 is 9.64 Å². The zero-order chi connectivity index (χ0) is 22.1. The highest BCUT2D eigenvalue weighted by Gasteiger charge is 2.20. The van der Waals surface area contributed by atoms with Crippen molar-refractivity contribution in [2.45, 2.75) is 77.7 Å². The Morgan fingerprint density at radius 2 is 1.74 bits per heavy atom. The number of unbranched alkanes of at least 4 members (excludes halogenated alkanes) is 1. The fourth-order valence-corrected chi connectivity index (χ4v) is 4.90. The van der Waals surface area contributed by atoms with Gasteiger partial charge in [0, 0.05) is 6.04 Å². The van der Waals surface area contributed by atoms with Gasteiger partial charge in [-0.1, -0.05) is 69.0 Å². The lowest BCUT2D eigenvalue weighted by Crippen LogP contribution is -2.38. The Morgan fingerprint density at radius 3 is 2.45 bits per heavy atom. The second-order valence-corrected chi connectivity index (χ2v) is 8.97. The topological polar surface area (TPSA) is 29.5 Å². The van der Waals surface area contributed by atoms with Crippen LogP contribution < -0.4 is 0 Å². The molecule has 0 aliphatic heterocycles. The highest BCUT2D eigenvalue weighted by molar-refractivity contribution is 5.97. The normalized spacial score (nSPS) is 14.7. The molecule has 2 aromatic carbocycles. The Morgan fingerprint density at radius 1 is 1.00 bits per heavy atom. The van der Waals surface area contributed by atoms with E-state index in [1.54, 1.807) is 0 Å². The van der Waals surface area contributed by atoms with Crippen LogP contribution in [0.3, 0.4) is 0 Å².